The van der Waals surface area contributed by atoms with Gasteiger partial charge in [0.2, 0.25) is 0 Å². The highest BCUT2D eigenvalue weighted by molar-refractivity contribution is 5.64. The number of nitriles is 4. The number of anilines is 1. The van der Waals surface area contributed by atoms with Gasteiger partial charge in [0.25, 0.3) is 0 Å². The van der Waals surface area contributed by atoms with E-state index in [1.54, 1.807) is 12.2 Å². The van der Waals surface area contributed by atoms with Gasteiger partial charge in [0, 0.05) is 43.5 Å². The van der Waals surface area contributed by atoms with Gasteiger partial charge in [-0.15, -0.1) is 0 Å². The Hall–Kier alpha value is -5.04. The van der Waals surface area contributed by atoms with Crippen molar-refractivity contribution in [1.82, 2.24) is 4.90 Å². The Kier molecular flexibility index (Phi) is 17.2. The molecule has 0 N–H and O–H groups in total. The predicted molar refractivity (Wildman–Crippen MR) is 205 cm³/mol. The molecule has 0 radical (unpaired) electrons. The number of rotatable bonds is 20. The lowest BCUT2D eigenvalue weighted by atomic mass is 9.94. The molecule has 3 rings (SSSR count). The molecule has 0 heterocycles. The number of allylic oxidation sites excluding steroid dienone is 6. The molecule has 0 saturated heterocycles. The normalized spacial score (nSPS) is 14.5. The molecular weight excluding hydrogens is 613 g/mol. The summed E-state index contributed by atoms with van der Waals surface area (Å²) in [6, 6.07) is 25.1. The fourth-order valence-electron chi connectivity index (χ4n) is 6.51. The second-order valence-electron chi connectivity index (χ2n) is 13.5. The first-order valence-corrected chi connectivity index (χ1v) is 18.5. The molecular formula is C44H54N6. The van der Waals surface area contributed by atoms with Gasteiger partial charge in [-0.3, -0.25) is 0 Å². The fraction of sp³-hybridized carbons (Fsp3) is 0.455. The van der Waals surface area contributed by atoms with Gasteiger partial charge < -0.3 is 9.80 Å². The van der Waals surface area contributed by atoms with Crippen molar-refractivity contribution in [2.75, 3.05) is 18.0 Å². The summed E-state index contributed by atoms with van der Waals surface area (Å²) in [5, 5.41) is 36.8. The smallest absolute Gasteiger partial charge is 0.130 e. The van der Waals surface area contributed by atoms with E-state index >= 15 is 0 Å². The van der Waals surface area contributed by atoms with E-state index in [-0.39, 0.29) is 17.1 Å². The maximum absolute atomic E-state index is 9.21. The Bertz CT molecular complexity index is 1600. The topological polar surface area (TPSA) is 102 Å². The van der Waals surface area contributed by atoms with Crippen LogP contribution in [0, 0.1) is 63.1 Å². The molecule has 3 atom stereocenters. The Labute approximate surface area is 301 Å². The van der Waals surface area contributed by atoms with Crippen LogP contribution in [0.4, 0.5) is 5.69 Å². The number of benzene rings is 2. The molecule has 260 valence electrons. The van der Waals surface area contributed by atoms with Crippen molar-refractivity contribution in [2.24, 2.45) is 17.8 Å². The first-order chi connectivity index (χ1) is 24.4. The minimum absolute atomic E-state index is 0.0636. The van der Waals surface area contributed by atoms with Gasteiger partial charge >= 0.3 is 0 Å². The minimum Gasteiger partial charge on any atom is -0.367 e. The highest BCUT2D eigenvalue weighted by atomic mass is 15.1. The van der Waals surface area contributed by atoms with Gasteiger partial charge in [-0.25, -0.2) is 0 Å². The van der Waals surface area contributed by atoms with Crippen molar-refractivity contribution in [3.8, 4) is 24.3 Å². The van der Waals surface area contributed by atoms with Crippen LogP contribution in [0.5, 0.6) is 0 Å². The molecule has 0 aliphatic heterocycles. The standard InChI is InChI=1S/C44H54N6/c1-5-9-11-35(7-3)31-49(43-21-17-37(18-22-43)25-41(27-45)28-46)33-39-13-15-40(16-14-39)34-50(32-36(8-4)12-10-6-2)44-23-19-38(20-24-44)26-42(29-47)30-48/h13-19,21-26,35-36,38H,5-12,20,31-34H2,1-4H3. The van der Waals surface area contributed by atoms with Crippen molar-refractivity contribution >= 4 is 11.8 Å². The molecule has 0 fully saturated rings. The maximum Gasteiger partial charge on any atom is 0.130 e. The molecule has 0 aromatic heterocycles. The number of hydrogen-bond donors (Lipinski definition) is 0. The molecule has 50 heavy (non-hydrogen) atoms. The van der Waals surface area contributed by atoms with E-state index in [2.05, 4.69) is 92.1 Å². The van der Waals surface area contributed by atoms with Crippen molar-refractivity contribution in [2.45, 2.75) is 98.6 Å². The zero-order valence-corrected chi connectivity index (χ0v) is 30.6. The van der Waals surface area contributed by atoms with E-state index in [0.29, 0.717) is 11.8 Å². The van der Waals surface area contributed by atoms with Crippen LogP contribution in [0.3, 0.4) is 0 Å². The third kappa shape index (κ3) is 12.8. The van der Waals surface area contributed by atoms with Gasteiger partial charge in [0.15, 0.2) is 0 Å². The van der Waals surface area contributed by atoms with Gasteiger partial charge in [-0.05, 0) is 78.1 Å². The number of nitrogens with zero attached hydrogens (tertiary/aromatic N) is 6. The molecule has 0 bridgehead atoms. The van der Waals surface area contributed by atoms with Crippen LogP contribution in [0.15, 0.2) is 89.7 Å². The van der Waals surface area contributed by atoms with E-state index in [1.165, 1.54) is 55.3 Å². The van der Waals surface area contributed by atoms with Crippen LogP contribution in [-0.4, -0.2) is 18.0 Å². The average Bonchev–Trinajstić information content (AvgIpc) is 3.16. The molecule has 6 nitrogen and oxygen atoms in total. The summed E-state index contributed by atoms with van der Waals surface area (Å²) in [6.45, 7) is 12.7. The zero-order valence-electron chi connectivity index (χ0n) is 30.6. The third-order valence-electron chi connectivity index (χ3n) is 9.72. The molecule has 0 saturated carbocycles. The molecule has 3 unspecified atom stereocenters. The number of hydrogen-bond acceptors (Lipinski definition) is 6. The van der Waals surface area contributed by atoms with E-state index < -0.39 is 0 Å². The summed E-state index contributed by atoms with van der Waals surface area (Å²) in [5.74, 6) is 1.28. The fourth-order valence-corrected chi connectivity index (χ4v) is 6.51. The van der Waals surface area contributed by atoms with Crippen molar-refractivity contribution < 1.29 is 0 Å². The van der Waals surface area contributed by atoms with E-state index in [0.717, 1.165) is 56.7 Å². The first-order valence-electron chi connectivity index (χ1n) is 18.5. The highest BCUT2D eigenvalue weighted by Crippen LogP contribution is 2.27. The summed E-state index contributed by atoms with van der Waals surface area (Å²) in [4.78, 5) is 4.98. The number of unbranched alkanes of at least 4 members (excludes halogenated alkanes) is 2. The molecule has 6 heteroatoms. The highest BCUT2D eigenvalue weighted by Gasteiger charge is 2.19. The Balaban J connectivity index is 1.83. The van der Waals surface area contributed by atoms with Crippen LogP contribution >= 0.6 is 0 Å². The van der Waals surface area contributed by atoms with Crippen LogP contribution < -0.4 is 4.90 Å². The largest absolute Gasteiger partial charge is 0.367 e. The Morgan fingerprint density at radius 2 is 1.24 bits per heavy atom. The Morgan fingerprint density at radius 3 is 1.70 bits per heavy atom. The maximum atomic E-state index is 9.21. The lowest BCUT2D eigenvalue weighted by Crippen LogP contribution is -2.29. The van der Waals surface area contributed by atoms with Crippen LogP contribution in [0.1, 0.15) is 102 Å². The van der Waals surface area contributed by atoms with Gasteiger partial charge in [0.1, 0.15) is 35.4 Å². The zero-order chi connectivity index (χ0) is 36.1. The monoisotopic (exact) mass is 666 g/mol. The molecule has 1 aliphatic rings. The SMILES string of the molecule is CCCCC(CC)CN(Cc1ccc(CN(CC(CC)CCCC)c2ccc(C=C(C#N)C#N)cc2)cc1)C1=CCC(C=C(C#N)C#N)C=C1. The van der Waals surface area contributed by atoms with Gasteiger partial charge in [0.05, 0.1) is 0 Å². The van der Waals surface area contributed by atoms with Crippen LogP contribution in [0.2, 0.25) is 0 Å². The lowest BCUT2D eigenvalue weighted by molar-refractivity contribution is 0.265. The van der Waals surface area contributed by atoms with Crippen molar-refractivity contribution in [3.63, 3.8) is 0 Å². The Morgan fingerprint density at radius 1 is 0.720 bits per heavy atom. The minimum atomic E-state index is 0.0636. The molecule has 0 spiro atoms. The summed E-state index contributed by atoms with van der Waals surface area (Å²) in [6.07, 6.45) is 20.3. The van der Waals surface area contributed by atoms with Crippen LogP contribution in [-0.2, 0) is 13.1 Å². The molecule has 1 aliphatic carbocycles. The molecule has 0 amide bonds. The van der Waals surface area contributed by atoms with E-state index in [1.807, 2.05) is 36.4 Å². The van der Waals surface area contributed by atoms with Crippen molar-refractivity contribution in [1.29, 1.82) is 21.0 Å². The molecule has 2 aromatic rings. The summed E-state index contributed by atoms with van der Waals surface area (Å²) >= 11 is 0. The summed E-state index contributed by atoms with van der Waals surface area (Å²) in [7, 11) is 0. The first kappa shape index (κ1) is 39.4. The lowest BCUT2D eigenvalue weighted by Gasteiger charge is -2.32. The van der Waals surface area contributed by atoms with Crippen molar-refractivity contribution in [3.05, 3.63) is 106 Å². The third-order valence-corrected chi connectivity index (χ3v) is 9.72. The molecule has 2 aromatic carbocycles. The quantitative estimate of drug-likeness (QED) is 0.130. The van der Waals surface area contributed by atoms with Gasteiger partial charge in [-0.2, -0.15) is 21.0 Å². The van der Waals surface area contributed by atoms with Gasteiger partial charge in [-0.1, -0.05) is 115 Å². The summed E-state index contributed by atoms with van der Waals surface area (Å²) in [5.41, 5.74) is 6.01. The predicted octanol–water partition coefficient (Wildman–Crippen LogP) is 10.8. The second-order valence-corrected chi connectivity index (χ2v) is 13.5. The summed E-state index contributed by atoms with van der Waals surface area (Å²) < 4.78 is 0. The average molecular weight is 667 g/mol. The second kappa shape index (κ2) is 21.8. The van der Waals surface area contributed by atoms with Crippen LogP contribution in [0.25, 0.3) is 6.08 Å². The van der Waals surface area contributed by atoms with E-state index in [9.17, 15) is 21.0 Å². The van der Waals surface area contributed by atoms with E-state index in [4.69, 9.17) is 0 Å².